The maximum absolute atomic E-state index is 13.8. The van der Waals surface area contributed by atoms with E-state index in [1.165, 1.54) is 0 Å². The summed E-state index contributed by atoms with van der Waals surface area (Å²) >= 11 is 0. The van der Waals surface area contributed by atoms with Crippen LogP contribution in [0.5, 0.6) is 0 Å². The predicted octanol–water partition coefficient (Wildman–Crippen LogP) is 3.15. The van der Waals surface area contributed by atoms with E-state index in [4.69, 9.17) is 11.1 Å². The molecular weight excluding hydrogens is 300 g/mol. The first kappa shape index (κ1) is 15.7. The third-order valence-corrected chi connectivity index (χ3v) is 3.06. The molecule has 2 aromatic carbocycles. The van der Waals surface area contributed by atoms with Crippen molar-refractivity contribution < 1.29 is 22.4 Å². The van der Waals surface area contributed by atoms with Crippen molar-refractivity contribution in [3.05, 3.63) is 70.8 Å². The van der Waals surface area contributed by atoms with Gasteiger partial charge in [0.1, 0.15) is 35.0 Å². The molecule has 0 fully saturated rings. The molecule has 0 aliphatic rings. The molecule has 1 atom stereocenters. The Morgan fingerprint density at radius 1 is 1.00 bits per heavy atom. The Morgan fingerprint density at radius 2 is 1.59 bits per heavy atom. The van der Waals surface area contributed by atoms with E-state index in [0.717, 1.165) is 30.3 Å². The summed E-state index contributed by atoms with van der Waals surface area (Å²) in [6.07, 6.45) is 0. The lowest BCUT2D eigenvalue weighted by Gasteiger charge is -2.16. The molecule has 0 spiro atoms. The number of ketones is 1. The molecule has 22 heavy (non-hydrogen) atoms. The maximum atomic E-state index is 13.8. The van der Waals surface area contributed by atoms with Crippen LogP contribution in [0.25, 0.3) is 0 Å². The highest BCUT2D eigenvalue weighted by Gasteiger charge is 2.32. The minimum Gasteiger partial charge on any atom is -0.387 e. The molecule has 0 bridgehead atoms. The molecule has 0 heterocycles. The Kier molecular flexibility index (Phi) is 4.25. The van der Waals surface area contributed by atoms with Gasteiger partial charge in [0.05, 0.1) is 5.56 Å². The first-order chi connectivity index (χ1) is 10.3. The fourth-order valence-corrected chi connectivity index (χ4v) is 2.06. The number of carbonyl (C=O) groups excluding carboxylic acids is 1. The highest BCUT2D eigenvalue weighted by Crippen LogP contribution is 2.27. The number of carbonyl (C=O) groups is 1. The van der Waals surface area contributed by atoms with Crippen LogP contribution in [0.3, 0.4) is 0 Å². The first-order valence-electron chi connectivity index (χ1n) is 6.10. The molecule has 2 rings (SSSR count). The Bertz CT molecular complexity index is 741. The van der Waals surface area contributed by atoms with E-state index >= 15 is 0 Å². The minimum atomic E-state index is -1.83. The summed E-state index contributed by atoms with van der Waals surface area (Å²) in [6, 6.07) is 4.98. The molecule has 3 N–H and O–H groups in total. The fourth-order valence-electron chi connectivity index (χ4n) is 2.06. The molecule has 114 valence electrons. The van der Waals surface area contributed by atoms with Gasteiger partial charge < -0.3 is 5.73 Å². The Hall–Kier alpha value is -2.70. The van der Waals surface area contributed by atoms with Crippen molar-refractivity contribution in [1.29, 1.82) is 5.41 Å². The lowest BCUT2D eigenvalue weighted by atomic mass is 9.88. The lowest BCUT2D eigenvalue weighted by Crippen LogP contribution is -2.30. The number of nitrogens with one attached hydrogen (secondary N) is 1. The summed E-state index contributed by atoms with van der Waals surface area (Å²) in [6.45, 7) is 0. The molecule has 0 saturated heterocycles. The summed E-state index contributed by atoms with van der Waals surface area (Å²) in [5.41, 5.74) is 3.90. The number of Topliss-reactive ketones (excluding diaryl/α,β-unsaturated/α-hetero) is 1. The van der Waals surface area contributed by atoms with Crippen molar-refractivity contribution >= 4 is 11.6 Å². The van der Waals surface area contributed by atoms with Gasteiger partial charge in [-0.2, -0.15) is 0 Å². The standard InChI is InChI=1S/C15H10F4N2O/c16-7-4-5-8(11(19)6-7)14(22)13(15(20)21)12-9(17)2-1-3-10(12)18/h1-6,13H,(H3,20,21). The van der Waals surface area contributed by atoms with Crippen molar-refractivity contribution in [1.82, 2.24) is 0 Å². The third kappa shape index (κ3) is 2.83. The molecule has 0 radical (unpaired) electrons. The molecule has 0 saturated carbocycles. The van der Waals surface area contributed by atoms with Crippen LogP contribution < -0.4 is 5.73 Å². The normalized spacial score (nSPS) is 12.0. The maximum Gasteiger partial charge on any atom is 0.180 e. The SMILES string of the molecule is N=C(N)C(C(=O)c1ccc(F)cc1F)c1c(F)cccc1F. The number of nitrogens with two attached hydrogens (primary N) is 1. The van der Waals surface area contributed by atoms with Crippen LogP contribution in [0.1, 0.15) is 21.8 Å². The zero-order valence-electron chi connectivity index (χ0n) is 11.0. The van der Waals surface area contributed by atoms with Crippen LogP contribution in [-0.2, 0) is 0 Å². The van der Waals surface area contributed by atoms with Gasteiger partial charge in [-0.15, -0.1) is 0 Å². The Labute approximate surface area is 122 Å². The smallest absolute Gasteiger partial charge is 0.180 e. The van der Waals surface area contributed by atoms with Crippen LogP contribution in [0.2, 0.25) is 0 Å². The van der Waals surface area contributed by atoms with Crippen molar-refractivity contribution in [2.75, 3.05) is 0 Å². The molecule has 7 heteroatoms. The molecular formula is C15H10F4N2O. The van der Waals surface area contributed by atoms with Crippen LogP contribution in [0.15, 0.2) is 36.4 Å². The number of amidine groups is 1. The summed E-state index contributed by atoms with van der Waals surface area (Å²) in [5, 5.41) is 7.40. The van der Waals surface area contributed by atoms with Gasteiger partial charge in [-0.25, -0.2) is 17.6 Å². The topological polar surface area (TPSA) is 66.9 Å². The van der Waals surface area contributed by atoms with Crippen molar-refractivity contribution in [3.63, 3.8) is 0 Å². The van der Waals surface area contributed by atoms with Gasteiger partial charge in [0.15, 0.2) is 5.78 Å². The first-order valence-corrected chi connectivity index (χ1v) is 6.10. The second kappa shape index (κ2) is 5.97. The molecule has 3 nitrogen and oxygen atoms in total. The molecule has 0 aliphatic heterocycles. The summed E-state index contributed by atoms with van der Waals surface area (Å²) in [4.78, 5) is 12.3. The molecule has 0 aliphatic carbocycles. The molecule has 0 aromatic heterocycles. The van der Waals surface area contributed by atoms with Gasteiger partial charge in [-0.1, -0.05) is 6.07 Å². The van der Waals surface area contributed by atoms with Gasteiger partial charge in [0.2, 0.25) is 0 Å². The van der Waals surface area contributed by atoms with E-state index in [-0.39, 0.29) is 0 Å². The zero-order valence-corrected chi connectivity index (χ0v) is 11.0. The zero-order chi connectivity index (χ0) is 16.4. The van der Waals surface area contributed by atoms with Crippen LogP contribution in [-0.4, -0.2) is 11.6 Å². The number of hydrogen-bond acceptors (Lipinski definition) is 2. The van der Waals surface area contributed by atoms with Crippen molar-refractivity contribution in [2.45, 2.75) is 5.92 Å². The fraction of sp³-hybridized carbons (Fsp3) is 0.0667. The summed E-state index contributed by atoms with van der Waals surface area (Å²) < 4.78 is 54.2. The second-order valence-corrected chi connectivity index (χ2v) is 4.51. The quantitative estimate of drug-likeness (QED) is 0.394. The largest absolute Gasteiger partial charge is 0.387 e. The predicted molar refractivity (Wildman–Crippen MR) is 71.7 cm³/mol. The van der Waals surface area contributed by atoms with E-state index in [1.54, 1.807) is 0 Å². The van der Waals surface area contributed by atoms with Gasteiger partial charge in [-0.05, 0) is 24.3 Å². The number of rotatable bonds is 4. The number of hydrogen-bond donors (Lipinski definition) is 2. The highest BCUT2D eigenvalue weighted by molar-refractivity contribution is 6.14. The van der Waals surface area contributed by atoms with E-state index in [0.29, 0.717) is 6.07 Å². The molecule has 0 amide bonds. The Balaban J connectivity index is 2.58. The van der Waals surface area contributed by atoms with Crippen LogP contribution >= 0.6 is 0 Å². The van der Waals surface area contributed by atoms with Gasteiger partial charge >= 0.3 is 0 Å². The summed E-state index contributed by atoms with van der Waals surface area (Å²) in [7, 11) is 0. The minimum absolute atomic E-state index is 0.460. The average Bonchev–Trinajstić information content (AvgIpc) is 2.42. The Morgan fingerprint density at radius 3 is 2.09 bits per heavy atom. The van der Waals surface area contributed by atoms with E-state index in [1.807, 2.05) is 0 Å². The van der Waals surface area contributed by atoms with E-state index in [2.05, 4.69) is 0 Å². The summed E-state index contributed by atoms with van der Waals surface area (Å²) in [5.74, 6) is -8.10. The van der Waals surface area contributed by atoms with Gasteiger partial charge in [-0.3, -0.25) is 10.2 Å². The van der Waals surface area contributed by atoms with Crippen LogP contribution in [0, 0.1) is 28.7 Å². The van der Waals surface area contributed by atoms with Gasteiger partial charge in [0.25, 0.3) is 0 Å². The second-order valence-electron chi connectivity index (χ2n) is 4.51. The number of benzene rings is 2. The van der Waals surface area contributed by atoms with Crippen molar-refractivity contribution in [3.8, 4) is 0 Å². The molecule has 1 unspecified atom stereocenters. The lowest BCUT2D eigenvalue weighted by molar-refractivity contribution is 0.0975. The average molecular weight is 310 g/mol. The third-order valence-electron chi connectivity index (χ3n) is 3.06. The van der Waals surface area contributed by atoms with Crippen LogP contribution in [0.4, 0.5) is 17.6 Å². The highest BCUT2D eigenvalue weighted by atomic mass is 19.1. The monoisotopic (exact) mass is 310 g/mol. The van der Waals surface area contributed by atoms with Gasteiger partial charge in [0, 0.05) is 11.6 Å². The van der Waals surface area contributed by atoms with Crippen molar-refractivity contribution in [2.24, 2.45) is 5.73 Å². The number of halogens is 4. The van der Waals surface area contributed by atoms with E-state index in [9.17, 15) is 22.4 Å². The molecule has 2 aromatic rings. The van der Waals surface area contributed by atoms with E-state index < -0.39 is 51.9 Å².